The molecule has 0 fully saturated rings. The van der Waals surface area contributed by atoms with Gasteiger partial charge in [-0.05, 0) is 0 Å². The summed E-state index contributed by atoms with van der Waals surface area (Å²) in [6.45, 7) is 1.77. The Labute approximate surface area is 54.4 Å². The molecule has 0 aliphatic carbocycles. The molecule has 2 rings (SSSR count). The molecule has 0 spiro atoms. The van der Waals surface area contributed by atoms with E-state index in [2.05, 4.69) is 17.1 Å². The van der Waals surface area contributed by atoms with Crippen molar-refractivity contribution in [1.29, 1.82) is 0 Å². The first-order chi connectivity index (χ1) is 4.47. The zero-order valence-corrected chi connectivity index (χ0v) is 5.21. The molecule has 2 nitrogen and oxygen atoms in total. The normalized spacial score (nSPS) is 23.1. The first-order valence-corrected chi connectivity index (χ1v) is 3.17. The fraction of sp³-hybridized carbons (Fsp3) is 0.429. The van der Waals surface area contributed by atoms with Gasteiger partial charge >= 0.3 is 0 Å². The first-order valence-electron chi connectivity index (χ1n) is 3.17. The van der Waals surface area contributed by atoms with E-state index in [0.29, 0.717) is 0 Å². The molecule has 0 bridgehead atoms. The SMILES string of the molecule is C1=CCN2COC=C2C1. The third-order valence-corrected chi connectivity index (χ3v) is 1.68. The van der Waals surface area contributed by atoms with E-state index in [1.807, 2.05) is 6.26 Å². The van der Waals surface area contributed by atoms with Crippen molar-refractivity contribution in [3.63, 3.8) is 0 Å². The average molecular weight is 123 g/mol. The smallest absolute Gasteiger partial charge is 0.160 e. The van der Waals surface area contributed by atoms with E-state index in [0.717, 1.165) is 19.7 Å². The van der Waals surface area contributed by atoms with Crippen LogP contribution in [0, 0.1) is 0 Å². The van der Waals surface area contributed by atoms with E-state index in [-0.39, 0.29) is 0 Å². The van der Waals surface area contributed by atoms with Crippen molar-refractivity contribution in [3.8, 4) is 0 Å². The summed E-state index contributed by atoms with van der Waals surface area (Å²) in [4.78, 5) is 2.22. The fourth-order valence-electron chi connectivity index (χ4n) is 1.13. The van der Waals surface area contributed by atoms with Gasteiger partial charge in [0, 0.05) is 13.0 Å². The van der Waals surface area contributed by atoms with Gasteiger partial charge in [-0.3, -0.25) is 0 Å². The summed E-state index contributed by atoms with van der Waals surface area (Å²) in [6.07, 6.45) is 7.24. The largest absolute Gasteiger partial charge is 0.479 e. The third-order valence-electron chi connectivity index (χ3n) is 1.68. The summed E-state index contributed by atoms with van der Waals surface area (Å²) in [5.41, 5.74) is 1.32. The van der Waals surface area contributed by atoms with Gasteiger partial charge in [0.05, 0.1) is 5.70 Å². The number of allylic oxidation sites excluding steroid dienone is 1. The third kappa shape index (κ3) is 0.707. The molecule has 0 aromatic rings. The molecule has 0 N–H and O–H groups in total. The molecular formula is C7H9NO. The molecule has 0 saturated heterocycles. The van der Waals surface area contributed by atoms with Gasteiger partial charge in [-0.15, -0.1) is 0 Å². The maximum Gasteiger partial charge on any atom is 0.160 e. The predicted molar refractivity (Wildman–Crippen MR) is 34.5 cm³/mol. The van der Waals surface area contributed by atoms with Crippen LogP contribution in [0.1, 0.15) is 6.42 Å². The first kappa shape index (κ1) is 4.91. The summed E-state index contributed by atoms with van der Waals surface area (Å²) >= 11 is 0. The molecule has 0 aromatic heterocycles. The second-order valence-corrected chi connectivity index (χ2v) is 2.30. The highest BCUT2D eigenvalue weighted by molar-refractivity contribution is 5.12. The molecule has 48 valence electrons. The lowest BCUT2D eigenvalue weighted by atomic mass is 10.2. The summed E-state index contributed by atoms with van der Waals surface area (Å²) in [7, 11) is 0. The van der Waals surface area contributed by atoms with Crippen molar-refractivity contribution >= 4 is 0 Å². The van der Waals surface area contributed by atoms with Crippen LogP contribution < -0.4 is 0 Å². The second-order valence-electron chi connectivity index (χ2n) is 2.30. The van der Waals surface area contributed by atoms with Crippen molar-refractivity contribution in [2.24, 2.45) is 0 Å². The fourth-order valence-corrected chi connectivity index (χ4v) is 1.13. The Balaban J connectivity index is 2.20. The van der Waals surface area contributed by atoms with Crippen molar-refractivity contribution in [3.05, 3.63) is 24.1 Å². The average Bonchev–Trinajstić information content (AvgIpc) is 2.33. The van der Waals surface area contributed by atoms with E-state index in [9.17, 15) is 0 Å². The Bertz CT molecular complexity index is 172. The van der Waals surface area contributed by atoms with E-state index in [1.54, 1.807) is 0 Å². The highest BCUT2D eigenvalue weighted by atomic mass is 16.5. The number of hydrogen-bond acceptors (Lipinski definition) is 2. The van der Waals surface area contributed by atoms with E-state index >= 15 is 0 Å². The molecule has 2 heterocycles. The monoisotopic (exact) mass is 123 g/mol. The van der Waals surface area contributed by atoms with E-state index in [4.69, 9.17) is 4.74 Å². The lowest BCUT2D eigenvalue weighted by Gasteiger charge is -2.19. The quantitative estimate of drug-likeness (QED) is 0.447. The van der Waals surface area contributed by atoms with Gasteiger partial charge in [-0.1, -0.05) is 12.2 Å². The van der Waals surface area contributed by atoms with Crippen molar-refractivity contribution in [1.82, 2.24) is 4.90 Å². The molecule has 0 amide bonds. The molecule has 0 atom stereocenters. The van der Waals surface area contributed by atoms with Gasteiger partial charge in [0.15, 0.2) is 6.73 Å². The van der Waals surface area contributed by atoms with Crippen LogP contribution in [0.2, 0.25) is 0 Å². The van der Waals surface area contributed by atoms with Gasteiger partial charge in [0.1, 0.15) is 6.26 Å². The number of nitrogens with zero attached hydrogens (tertiary/aromatic N) is 1. The zero-order valence-electron chi connectivity index (χ0n) is 5.21. The molecule has 0 radical (unpaired) electrons. The van der Waals surface area contributed by atoms with Crippen LogP contribution in [0.3, 0.4) is 0 Å². The minimum Gasteiger partial charge on any atom is -0.479 e. The summed E-state index contributed by atoms with van der Waals surface area (Å²) in [5.74, 6) is 0. The van der Waals surface area contributed by atoms with Gasteiger partial charge in [-0.25, -0.2) is 0 Å². The van der Waals surface area contributed by atoms with Crippen LogP contribution in [0.15, 0.2) is 24.1 Å². The van der Waals surface area contributed by atoms with Crippen LogP contribution >= 0.6 is 0 Å². The van der Waals surface area contributed by atoms with E-state index in [1.165, 1.54) is 5.70 Å². The number of rotatable bonds is 0. The number of ether oxygens (including phenoxy) is 1. The predicted octanol–water partition coefficient (Wildman–Crippen LogP) is 1.08. The standard InChI is InChI=1S/C7H9NO/c1-2-4-8-6-9-5-7(8)3-1/h1-2,5H,3-4,6H2. The van der Waals surface area contributed by atoms with Crippen LogP contribution in [-0.2, 0) is 4.74 Å². The van der Waals surface area contributed by atoms with Crippen LogP contribution in [0.5, 0.6) is 0 Å². The van der Waals surface area contributed by atoms with Gasteiger partial charge in [-0.2, -0.15) is 0 Å². The molecule has 2 heteroatoms. The van der Waals surface area contributed by atoms with E-state index < -0.39 is 0 Å². The van der Waals surface area contributed by atoms with Crippen LogP contribution in [0.25, 0.3) is 0 Å². The van der Waals surface area contributed by atoms with Gasteiger partial charge in [0.25, 0.3) is 0 Å². The lowest BCUT2D eigenvalue weighted by molar-refractivity contribution is 0.174. The minimum absolute atomic E-state index is 0.750. The van der Waals surface area contributed by atoms with Crippen molar-refractivity contribution < 1.29 is 4.74 Å². The summed E-state index contributed by atoms with van der Waals surface area (Å²) in [6, 6.07) is 0. The minimum atomic E-state index is 0.750. The molecule has 9 heavy (non-hydrogen) atoms. The molecule has 0 aromatic carbocycles. The molecule has 2 aliphatic heterocycles. The molecule has 0 saturated carbocycles. The maximum atomic E-state index is 5.12. The molecule has 0 unspecified atom stereocenters. The van der Waals surface area contributed by atoms with Gasteiger partial charge < -0.3 is 9.64 Å². The topological polar surface area (TPSA) is 12.5 Å². The highest BCUT2D eigenvalue weighted by Gasteiger charge is 2.15. The Morgan fingerprint density at radius 3 is 3.33 bits per heavy atom. The van der Waals surface area contributed by atoms with Crippen LogP contribution in [-0.4, -0.2) is 18.2 Å². The Kier molecular flexibility index (Phi) is 0.979. The zero-order chi connectivity index (χ0) is 6.10. The molecular weight excluding hydrogens is 114 g/mol. The Hall–Kier alpha value is -0.920. The summed E-state index contributed by atoms with van der Waals surface area (Å²) < 4.78 is 5.12. The van der Waals surface area contributed by atoms with Gasteiger partial charge in [0.2, 0.25) is 0 Å². The number of hydrogen-bond donors (Lipinski definition) is 0. The summed E-state index contributed by atoms with van der Waals surface area (Å²) in [5, 5.41) is 0. The molecule has 2 aliphatic rings. The van der Waals surface area contributed by atoms with Crippen molar-refractivity contribution in [2.45, 2.75) is 6.42 Å². The maximum absolute atomic E-state index is 5.12. The van der Waals surface area contributed by atoms with Crippen molar-refractivity contribution in [2.75, 3.05) is 13.3 Å². The second kappa shape index (κ2) is 1.79. The highest BCUT2D eigenvalue weighted by Crippen LogP contribution is 2.19. The number of fused-ring (bicyclic) bond motifs is 1. The Morgan fingerprint density at radius 1 is 1.44 bits per heavy atom. The lowest BCUT2D eigenvalue weighted by Crippen LogP contribution is -2.22. The Morgan fingerprint density at radius 2 is 2.44 bits per heavy atom. The van der Waals surface area contributed by atoms with Crippen LogP contribution in [0.4, 0.5) is 0 Å².